The lowest BCUT2D eigenvalue weighted by atomic mass is 10.2. The first kappa shape index (κ1) is 16.3. The summed E-state index contributed by atoms with van der Waals surface area (Å²) in [6.45, 7) is 2.14. The molecule has 1 aliphatic rings. The van der Waals surface area contributed by atoms with E-state index in [9.17, 15) is 9.59 Å². The molecule has 2 aromatic rings. The third-order valence-electron chi connectivity index (χ3n) is 3.48. The molecular formula is C17H17NO5S. The van der Waals surface area contributed by atoms with Crippen molar-refractivity contribution in [3.8, 4) is 11.5 Å². The molecule has 0 aliphatic carbocycles. The van der Waals surface area contributed by atoms with Crippen LogP contribution in [0.1, 0.15) is 15.2 Å². The predicted molar refractivity (Wildman–Crippen MR) is 88.7 cm³/mol. The number of carbonyl (C=O) groups excluding carboxylic acids is 2. The third kappa shape index (κ3) is 3.86. The normalized spacial score (nSPS) is 15.6. The van der Waals surface area contributed by atoms with Gasteiger partial charge in [0.15, 0.2) is 18.1 Å². The minimum absolute atomic E-state index is 0.279. The molecule has 1 aromatic heterocycles. The van der Waals surface area contributed by atoms with Crippen molar-refractivity contribution in [3.05, 3.63) is 46.2 Å². The second kappa shape index (κ2) is 7.35. The van der Waals surface area contributed by atoms with Crippen molar-refractivity contribution < 1.29 is 23.8 Å². The highest BCUT2D eigenvalue weighted by Gasteiger charge is 2.21. The number of fused-ring (bicyclic) bond motifs is 1. The molecule has 0 saturated heterocycles. The van der Waals surface area contributed by atoms with E-state index in [4.69, 9.17) is 14.2 Å². The Morgan fingerprint density at radius 2 is 2.08 bits per heavy atom. The summed E-state index contributed by atoms with van der Waals surface area (Å²) in [5.41, 5.74) is 0.844. The van der Waals surface area contributed by atoms with Crippen molar-refractivity contribution in [2.24, 2.45) is 0 Å². The van der Waals surface area contributed by atoms with Crippen LogP contribution in [0.5, 0.6) is 11.5 Å². The highest BCUT2D eigenvalue weighted by atomic mass is 32.1. The highest BCUT2D eigenvalue weighted by molar-refractivity contribution is 7.12. The third-order valence-corrected chi connectivity index (χ3v) is 4.47. The Balaban J connectivity index is 1.42. The van der Waals surface area contributed by atoms with Gasteiger partial charge in [0.2, 0.25) is 0 Å². The molecule has 1 atom stereocenters. The first-order valence-corrected chi connectivity index (χ1v) is 8.38. The molecule has 126 valence electrons. The lowest BCUT2D eigenvalue weighted by Crippen LogP contribution is -2.42. The summed E-state index contributed by atoms with van der Waals surface area (Å²) in [6, 6.07) is 9.20. The molecule has 0 radical (unpaired) electrons. The number of hydrogen-bond acceptors (Lipinski definition) is 6. The first-order valence-electron chi connectivity index (χ1n) is 7.50. The van der Waals surface area contributed by atoms with Gasteiger partial charge in [0.25, 0.3) is 5.91 Å². The Hall–Kier alpha value is -2.54. The quantitative estimate of drug-likeness (QED) is 0.839. The number of carbonyl (C=O) groups is 2. The van der Waals surface area contributed by atoms with Crippen LogP contribution in [0.3, 0.4) is 0 Å². The van der Waals surface area contributed by atoms with Gasteiger partial charge in [-0.25, -0.2) is 4.79 Å². The molecule has 7 heteroatoms. The zero-order chi connectivity index (χ0) is 16.9. The van der Waals surface area contributed by atoms with Crippen LogP contribution in [-0.4, -0.2) is 37.7 Å². The number of hydrogen-bond donors (Lipinski definition) is 1. The van der Waals surface area contributed by atoms with Gasteiger partial charge in [0.1, 0.15) is 17.6 Å². The minimum atomic E-state index is -0.483. The number of nitrogens with one attached hydrogen (secondary N) is 1. The van der Waals surface area contributed by atoms with E-state index in [-0.39, 0.29) is 25.2 Å². The number of rotatable bonds is 5. The predicted octanol–water partition coefficient (Wildman–Crippen LogP) is 2.17. The summed E-state index contributed by atoms with van der Waals surface area (Å²) in [7, 11) is 0. The van der Waals surface area contributed by atoms with Crippen molar-refractivity contribution in [2.75, 3.05) is 19.8 Å². The Bertz CT molecular complexity index is 742. The van der Waals surface area contributed by atoms with Crippen LogP contribution < -0.4 is 14.8 Å². The van der Waals surface area contributed by atoms with Crippen molar-refractivity contribution in [1.29, 1.82) is 0 Å². The summed E-state index contributed by atoms with van der Waals surface area (Å²) in [5, 5.41) is 4.49. The summed E-state index contributed by atoms with van der Waals surface area (Å²) < 4.78 is 16.3. The summed E-state index contributed by atoms with van der Waals surface area (Å²) in [4.78, 5) is 24.2. The standard InChI is InChI=1S/C17H17NO5S/c1-11-6-7-24-16(11)17(20)22-10-15(19)18-8-12-9-21-13-4-2-3-5-14(13)23-12/h2-7,12H,8-10H2,1H3,(H,18,19)/t12-/m1/s1. The van der Waals surface area contributed by atoms with Crippen molar-refractivity contribution >= 4 is 23.2 Å². The van der Waals surface area contributed by atoms with Gasteiger partial charge >= 0.3 is 5.97 Å². The first-order chi connectivity index (χ1) is 11.6. The van der Waals surface area contributed by atoms with Crippen LogP contribution in [0.2, 0.25) is 0 Å². The van der Waals surface area contributed by atoms with Crippen LogP contribution in [0, 0.1) is 6.92 Å². The maximum Gasteiger partial charge on any atom is 0.349 e. The van der Waals surface area contributed by atoms with Crippen molar-refractivity contribution in [1.82, 2.24) is 5.32 Å². The molecule has 2 heterocycles. The summed E-state index contributed by atoms with van der Waals surface area (Å²) in [5.74, 6) is 0.492. The largest absolute Gasteiger partial charge is 0.486 e. The molecule has 1 amide bonds. The van der Waals surface area contributed by atoms with Gasteiger partial charge in [-0.3, -0.25) is 4.79 Å². The lowest BCUT2D eigenvalue weighted by Gasteiger charge is -2.26. The Labute approximate surface area is 143 Å². The highest BCUT2D eigenvalue weighted by Crippen LogP contribution is 2.30. The monoisotopic (exact) mass is 347 g/mol. The van der Waals surface area contributed by atoms with E-state index in [0.717, 1.165) is 5.56 Å². The minimum Gasteiger partial charge on any atom is -0.486 e. The second-order valence-corrected chi connectivity index (χ2v) is 6.23. The number of esters is 1. The van der Waals surface area contributed by atoms with E-state index >= 15 is 0 Å². The van der Waals surface area contributed by atoms with Crippen LogP contribution in [0.15, 0.2) is 35.7 Å². The van der Waals surface area contributed by atoms with Gasteiger partial charge in [-0.1, -0.05) is 12.1 Å². The number of thiophene rings is 1. The van der Waals surface area contributed by atoms with Gasteiger partial charge in [0, 0.05) is 0 Å². The SMILES string of the molecule is Cc1ccsc1C(=O)OCC(=O)NC[C@@H]1COc2ccccc2O1. The molecule has 0 fully saturated rings. The maximum atomic E-state index is 11.8. The molecule has 6 nitrogen and oxygen atoms in total. The average molecular weight is 347 g/mol. The molecule has 1 aliphatic heterocycles. The molecular weight excluding hydrogens is 330 g/mol. The molecule has 0 unspecified atom stereocenters. The van der Waals surface area contributed by atoms with E-state index in [2.05, 4.69) is 5.32 Å². The number of para-hydroxylation sites is 2. The topological polar surface area (TPSA) is 73.9 Å². The average Bonchev–Trinajstić information content (AvgIpc) is 3.03. The number of ether oxygens (including phenoxy) is 3. The molecule has 1 aromatic carbocycles. The lowest BCUT2D eigenvalue weighted by molar-refractivity contribution is -0.124. The molecule has 24 heavy (non-hydrogen) atoms. The molecule has 1 N–H and O–H groups in total. The summed E-state index contributed by atoms with van der Waals surface area (Å²) >= 11 is 1.30. The van der Waals surface area contributed by atoms with E-state index in [0.29, 0.717) is 23.0 Å². The van der Waals surface area contributed by atoms with Gasteiger partial charge in [-0.2, -0.15) is 0 Å². The molecule has 0 bridgehead atoms. The summed E-state index contributed by atoms with van der Waals surface area (Å²) in [6.07, 6.45) is -0.279. The Morgan fingerprint density at radius 3 is 2.83 bits per heavy atom. The van der Waals surface area contributed by atoms with Crippen molar-refractivity contribution in [3.63, 3.8) is 0 Å². The number of aryl methyl sites for hydroxylation is 1. The second-order valence-electron chi connectivity index (χ2n) is 5.31. The fourth-order valence-electron chi connectivity index (χ4n) is 2.22. The van der Waals surface area contributed by atoms with E-state index in [1.807, 2.05) is 42.6 Å². The van der Waals surface area contributed by atoms with Gasteiger partial charge in [-0.05, 0) is 36.1 Å². The van der Waals surface area contributed by atoms with E-state index in [1.54, 1.807) is 0 Å². The fraction of sp³-hybridized carbons (Fsp3) is 0.294. The molecule has 3 rings (SSSR count). The number of amides is 1. The van der Waals surface area contributed by atoms with Gasteiger partial charge < -0.3 is 19.5 Å². The van der Waals surface area contributed by atoms with Gasteiger partial charge in [-0.15, -0.1) is 11.3 Å². The Morgan fingerprint density at radius 1 is 1.29 bits per heavy atom. The molecule has 0 saturated carbocycles. The van der Waals surface area contributed by atoms with Crippen LogP contribution in [0.4, 0.5) is 0 Å². The van der Waals surface area contributed by atoms with Crippen LogP contribution in [0.25, 0.3) is 0 Å². The number of benzene rings is 1. The fourth-order valence-corrected chi connectivity index (χ4v) is 3.04. The maximum absolute atomic E-state index is 11.8. The Kier molecular flexibility index (Phi) is 5.00. The van der Waals surface area contributed by atoms with Crippen LogP contribution >= 0.6 is 11.3 Å². The smallest absolute Gasteiger partial charge is 0.349 e. The van der Waals surface area contributed by atoms with Crippen molar-refractivity contribution in [2.45, 2.75) is 13.0 Å². The molecule has 0 spiro atoms. The van der Waals surface area contributed by atoms with Gasteiger partial charge in [0.05, 0.1) is 6.54 Å². The van der Waals surface area contributed by atoms with E-state index < -0.39 is 5.97 Å². The zero-order valence-electron chi connectivity index (χ0n) is 13.1. The van der Waals surface area contributed by atoms with E-state index in [1.165, 1.54) is 11.3 Å². The van der Waals surface area contributed by atoms with Crippen LogP contribution in [-0.2, 0) is 9.53 Å². The zero-order valence-corrected chi connectivity index (χ0v) is 13.9.